The van der Waals surface area contributed by atoms with Crippen molar-refractivity contribution in [1.82, 2.24) is 9.78 Å². The number of carbonyl (C=O) groups is 1. The lowest BCUT2D eigenvalue weighted by Gasteiger charge is -2.16. The third kappa shape index (κ3) is 3.57. The maximum Gasteiger partial charge on any atom is 0.224 e. The fourth-order valence-corrected chi connectivity index (χ4v) is 2.02. The Hall–Kier alpha value is -1.36. The molecule has 5 heteroatoms. The minimum Gasteiger partial charge on any atom is -0.379 e. The van der Waals surface area contributed by atoms with Gasteiger partial charge in [-0.05, 0) is 11.8 Å². The van der Waals surface area contributed by atoms with Crippen molar-refractivity contribution in [1.29, 1.82) is 0 Å². The molecule has 0 radical (unpaired) electrons. The van der Waals surface area contributed by atoms with Crippen LogP contribution in [0.3, 0.4) is 0 Å². The lowest BCUT2D eigenvalue weighted by atomic mass is 9.92. The molecule has 0 saturated carbocycles. The van der Waals surface area contributed by atoms with Crippen molar-refractivity contribution in [3.63, 3.8) is 0 Å². The van der Waals surface area contributed by atoms with E-state index in [2.05, 4.69) is 10.4 Å². The van der Waals surface area contributed by atoms with Crippen LogP contribution in [0.1, 0.15) is 39.7 Å². The summed E-state index contributed by atoms with van der Waals surface area (Å²) in [5, 5.41) is 7.15. The maximum atomic E-state index is 11.8. The van der Waals surface area contributed by atoms with Crippen LogP contribution in [0.5, 0.6) is 0 Å². The van der Waals surface area contributed by atoms with Crippen LogP contribution in [-0.4, -0.2) is 28.9 Å². The zero-order valence-electron chi connectivity index (χ0n) is 11.3. The van der Waals surface area contributed by atoms with Gasteiger partial charge in [0, 0.05) is 19.2 Å². The molecule has 2 rings (SSSR count). The predicted octanol–water partition coefficient (Wildman–Crippen LogP) is 2.22. The summed E-state index contributed by atoms with van der Waals surface area (Å²) in [7, 11) is 0. The van der Waals surface area contributed by atoms with E-state index in [0.717, 1.165) is 18.7 Å². The van der Waals surface area contributed by atoms with Gasteiger partial charge in [0.2, 0.25) is 5.91 Å². The van der Waals surface area contributed by atoms with E-state index in [0.29, 0.717) is 19.1 Å². The molecule has 0 unspecified atom stereocenters. The van der Waals surface area contributed by atoms with Crippen molar-refractivity contribution in [3.8, 4) is 0 Å². The highest BCUT2D eigenvalue weighted by Crippen LogP contribution is 2.21. The molecule has 1 atom stereocenters. The standard InChI is InChI=1S/C13H21N3O2/c1-13(2,3)6-12(17)15-10-7-14-16(8-10)11-4-5-18-9-11/h7-8,11H,4-6,9H2,1-3H3,(H,15,17)/t11-/m1/s1. The monoisotopic (exact) mass is 251 g/mol. The van der Waals surface area contributed by atoms with Crippen LogP contribution >= 0.6 is 0 Å². The van der Waals surface area contributed by atoms with Gasteiger partial charge in [-0.1, -0.05) is 20.8 Å². The van der Waals surface area contributed by atoms with Gasteiger partial charge < -0.3 is 10.1 Å². The van der Waals surface area contributed by atoms with Crippen molar-refractivity contribution in [2.75, 3.05) is 18.5 Å². The van der Waals surface area contributed by atoms with Gasteiger partial charge >= 0.3 is 0 Å². The molecule has 1 aromatic heterocycles. The lowest BCUT2D eigenvalue weighted by Crippen LogP contribution is -2.19. The number of rotatable bonds is 3. The number of aromatic nitrogens is 2. The van der Waals surface area contributed by atoms with Gasteiger partial charge in [0.1, 0.15) is 0 Å². The largest absolute Gasteiger partial charge is 0.379 e. The number of carbonyl (C=O) groups excluding carboxylic acids is 1. The first kappa shape index (κ1) is 13.1. The molecular formula is C13H21N3O2. The fraction of sp³-hybridized carbons (Fsp3) is 0.692. The molecule has 0 aliphatic carbocycles. The molecule has 1 saturated heterocycles. The number of amides is 1. The molecule has 18 heavy (non-hydrogen) atoms. The molecule has 1 aliphatic rings. The van der Waals surface area contributed by atoms with E-state index >= 15 is 0 Å². The molecule has 100 valence electrons. The summed E-state index contributed by atoms with van der Waals surface area (Å²) in [5.74, 6) is 0.0321. The highest BCUT2D eigenvalue weighted by atomic mass is 16.5. The maximum absolute atomic E-state index is 11.8. The normalized spacial score (nSPS) is 20.1. The number of ether oxygens (including phenoxy) is 1. The third-order valence-corrected chi connectivity index (χ3v) is 2.86. The van der Waals surface area contributed by atoms with E-state index in [1.54, 1.807) is 6.20 Å². The summed E-state index contributed by atoms with van der Waals surface area (Å²) < 4.78 is 7.19. The van der Waals surface area contributed by atoms with Crippen molar-refractivity contribution >= 4 is 11.6 Å². The second kappa shape index (κ2) is 5.10. The molecule has 0 bridgehead atoms. The molecular weight excluding hydrogens is 230 g/mol. The van der Waals surface area contributed by atoms with Crippen LogP contribution in [0, 0.1) is 5.41 Å². The Bertz CT molecular complexity index is 414. The lowest BCUT2D eigenvalue weighted by molar-refractivity contribution is -0.117. The first-order valence-corrected chi connectivity index (χ1v) is 6.36. The summed E-state index contributed by atoms with van der Waals surface area (Å²) in [4.78, 5) is 11.8. The summed E-state index contributed by atoms with van der Waals surface area (Å²) >= 11 is 0. The smallest absolute Gasteiger partial charge is 0.224 e. The van der Waals surface area contributed by atoms with E-state index in [9.17, 15) is 4.79 Å². The number of hydrogen-bond acceptors (Lipinski definition) is 3. The Labute approximate surface area is 108 Å². The number of anilines is 1. The fourth-order valence-electron chi connectivity index (χ4n) is 2.02. The van der Waals surface area contributed by atoms with Crippen LogP contribution in [-0.2, 0) is 9.53 Å². The molecule has 1 aromatic rings. The average molecular weight is 251 g/mol. The highest BCUT2D eigenvalue weighted by Gasteiger charge is 2.19. The van der Waals surface area contributed by atoms with Gasteiger partial charge in [-0.2, -0.15) is 5.10 Å². The molecule has 0 spiro atoms. The van der Waals surface area contributed by atoms with Crippen LogP contribution in [0.25, 0.3) is 0 Å². The number of nitrogens with zero attached hydrogens (tertiary/aromatic N) is 2. The SMILES string of the molecule is CC(C)(C)CC(=O)Nc1cnn([C@@H]2CCOC2)c1. The van der Waals surface area contributed by atoms with Crippen molar-refractivity contribution in [2.45, 2.75) is 39.7 Å². The average Bonchev–Trinajstić information content (AvgIpc) is 2.82. The van der Waals surface area contributed by atoms with Gasteiger partial charge in [-0.15, -0.1) is 0 Å². The first-order valence-electron chi connectivity index (χ1n) is 6.36. The Morgan fingerprint density at radius 3 is 3.00 bits per heavy atom. The number of hydrogen-bond donors (Lipinski definition) is 1. The topological polar surface area (TPSA) is 56.2 Å². The Balaban J connectivity index is 1.92. The van der Waals surface area contributed by atoms with Gasteiger partial charge in [0.05, 0.1) is 24.5 Å². The molecule has 1 amide bonds. The van der Waals surface area contributed by atoms with E-state index < -0.39 is 0 Å². The Morgan fingerprint density at radius 2 is 2.39 bits per heavy atom. The predicted molar refractivity (Wildman–Crippen MR) is 69.4 cm³/mol. The molecule has 1 aliphatic heterocycles. The van der Waals surface area contributed by atoms with Crippen LogP contribution in [0.4, 0.5) is 5.69 Å². The second-order valence-corrected chi connectivity index (χ2v) is 6.01. The van der Waals surface area contributed by atoms with Gasteiger partial charge in [0.15, 0.2) is 0 Å². The molecule has 1 fully saturated rings. The van der Waals surface area contributed by atoms with E-state index in [-0.39, 0.29) is 11.3 Å². The first-order chi connectivity index (χ1) is 8.44. The molecule has 2 heterocycles. The molecule has 5 nitrogen and oxygen atoms in total. The van der Waals surface area contributed by atoms with Gasteiger partial charge in [-0.3, -0.25) is 9.48 Å². The number of nitrogens with one attached hydrogen (secondary N) is 1. The highest BCUT2D eigenvalue weighted by molar-refractivity contribution is 5.90. The van der Waals surface area contributed by atoms with Crippen LogP contribution < -0.4 is 5.32 Å². The van der Waals surface area contributed by atoms with E-state index in [1.807, 2.05) is 31.6 Å². The third-order valence-electron chi connectivity index (χ3n) is 2.86. The Morgan fingerprint density at radius 1 is 1.61 bits per heavy atom. The zero-order valence-corrected chi connectivity index (χ0v) is 11.3. The van der Waals surface area contributed by atoms with Crippen molar-refractivity contribution in [2.24, 2.45) is 5.41 Å². The zero-order chi connectivity index (χ0) is 13.2. The second-order valence-electron chi connectivity index (χ2n) is 6.01. The van der Waals surface area contributed by atoms with Gasteiger partial charge in [0.25, 0.3) is 0 Å². The Kier molecular flexibility index (Phi) is 3.71. The van der Waals surface area contributed by atoms with Crippen molar-refractivity contribution < 1.29 is 9.53 Å². The summed E-state index contributed by atoms with van der Waals surface area (Å²) in [6, 6.07) is 0.304. The summed E-state index contributed by atoms with van der Waals surface area (Å²) in [5.41, 5.74) is 0.760. The van der Waals surface area contributed by atoms with Gasteiger partial charge in [-0.25, -0.2) is 0 Å². The quantitative estimate of drug-likeness (QED) is 0.896. The molecule has 0 aromatic carbocycles. The summed E-state index contributed by atoms with van der Waals surface area (Å²) in [6.45, 7) is 7.64. The van der Waals surface area contributed by atoms with E-state index in [4.69, 9.17) is 4.74 Å². The van der Waals surface area contributed by atoms with Crippen LogP contribution in [0.15, 0.2) is 12.4 Å². The van der Waals surface area contributed by atoms with Crippen molar-refractivity contribution in [3.05, 3.63) is 12.4 Å². The summed E-state index contributed by atoms with van der Waals surface area (Å²) in [6.07, 6.45) is 5.06. The molecule has 1 N–H and O–H groups in total. The van der Waals surface area contributed by atoms with E-state index in [1.165, 1.54) is 0 Å². The minimum atomic E-state index is -0.000625. The van der Waals surface area contributed by atoms with Crippen LogP contribution in [0.2, 0.25) is 0 Å². The minimum absolute atomic E-state index is 0.000625.